The molecule has 1 unspecified atom stereocenters. The van der Waals surface area contributed by atoms with Gasteiger partial charge in [-0.1, -0.05) is 12.0 Å². The van der Waals surface area contributed by atoms with Crippen molar-refractivity contribution in [2.75, 3.05) is 6.54 Å². The van der Waals surface area contributed by atoms with Gasteiger partial charge in [0.2, 0.25) is 0 Å². The van der Waals surface area contributed by atoms with E-state index in [9.17, 15) is 4.39 Å². The van der Waals surface area contributed by atoms with E-state index >= 15 is 0 Å². The second kappa shape index (κ2) is 5.89. The first kappa shape index (κ1) is 12.2. The van der Waals surface area contributed by atoms with Gasteiger partial charge in [-0.3, -0.25) is 5.32 Å². The van der Waals surface area contributed by atoms with E-state index < -0.39 is 0 Å². The molecule has 0 heterocycles. The first-order chi connectivity index (χ1) is 7.15. The van der Waals surface area contributed by atoms with Crippen molar-refractivity contribution in [2.45, 2.75) is 19.9 Å². The van der Waals surface area contributed by atoms with Crippen LogP contribution in [0, 0.1) is 17.7 Å². The van der Waals surface area contributed by atoms with Gasteiger partial charge in [0.05, 0.1) is 11.0 Å². The third-order valence-corrected chi connectivity index (χ3v) is 2.76. The summed E-state index contributed by atoms with van der Waals surface area (Å²) < 4.78 is 13.7. The first-order valence-corrected chi connectivity index (χ1v) is 5.52. The number of hydrogen-bond acceptors (Lipinski definition) is 1. The van der Waals surface area contributed by atoms with E-state index in [2.05, 4.69) is 33.1 Å². The van der Waals surface area contributed by atoms with E-state index in [1.54, 1.807) is 13.0 Å². The van der Waals surface area contributed by atoms with Gasteiger partial charge in [-0.25, -0.2) is 4.39 Å². The van der Waals surface area contributed by atoms with Crippen LogP contribution in [0.3, 0.4) is 0 Å². The molecule has 3 heteroatoms. The number of halogens is 2. The Morgan fingerprint density at radius 1 is 1.53 bits per heavy atom. The number of nitrogens with one attached hydrogen (secondary N) is 1. The fraction of sp³-hybridized carbons (Fsp3) is 0.333. The predicted molar refractivity (Wildman–Crippen MR) is 64.0 cm³/mol. The smallest absolute Gasteiger partial charge is 0.137 e. The van der Waals surface area contributed by atoms with E-state index in [4.69, 9.17) is 0 Å². The lowest BCUT2D eigenvalue weighted by molar-refractivity contribution is 0.594. The second-order valence-electron chi connectivity index (χ2n) is 3.20. The summed E-state index contributed by atoms with van der Waals surface area (Å²) in [5.41, 5.74) is 0.925. The maximum absolute atomic E-state index is 13.2. The van der Waals surface area contributed by atoms with Crippen LogP contribution in [0.25, 0.3) is 0 Å². The highest BCUT2D eigenvalue weighted by Crippen LogP contribution is 2.20. The van der Waals surface area contributed by atoms with E-state index in [1.165, 1.54) is 6.07 Å². The molecule has 0 aliphatic carbocycles. The van der Waals surface area contributed by atoms with Gasteiger partial charge in [0.15, 0.2) is 0 Å². The summed E-state index contributed by atoms with van der Waals surface area (Å²) in [6, 6.07) is 5.24. The molecule has 0 spiro atoms. The van der Waals surface area contributed by atoms with Gasteiger partial charge in [0.1, 0.15) is 5.82 Å². The van der Waals surface area contributed by atoms with Crippen LogP contribution < -0.4 is 5.32 Å². The summed E-state index contributed by atoms with van der Waals surface area (Å²) >= 11 is 3.12. The molecular weight excluding hydrogens is 257 g/mol. The van der Waals surface area contributed by atoms with Crippen molar-refractivity contribution in [1.29, 1.82) is 0 Å². The molecule has 0 aromatic heterocycles. The minimum Gasteiger partial charge on any atom is -0.300 e. The topological polar surface area (TPSA) is 12.0 Å². The van der Waals surface area contributed by atoms with Gasteiger partial charge in [0, 0.05) is 6.04 Å². The number of benzene rings is 1. The van der Waals surface area contributed by atoms with Gasteiger partial charge < -0.3 is 0 Å². The lowest BCUT2D eigenvalue weighted by Gasteiger charge is -2.12. The van der Waals surface area contributed by atoms with Crippen LogP contribution in [0.1, 0.15) is 25.5 Å². The summed E-state index contributed by atoms with van der Waals surface area (Å²) in [5.74, 6) is 5.48. The summed E-state index contributed by atoms with van der Waals surface area (Å²) in [4.78, 5) is 0. The third-order valence-electron chi connectivity index (χ3n) is 2.12. The molecule has 15 heavy (non-hydrogen) atoms. The first-order valence-electron chi connectivity index (χ1n) is 4.73. The van der Waals surface area contributed by atoms with Crippen LogP contribution in [0.5, 0.6) is 0 Å². The number of rotatable bonds is 3. The maximum Gasteiger partial charge on any atom is 0.137 e. The zero-order chi connectivity index (χ0) is 11.3. The molecule has 0 bridgehead atoms. The minimum atomic E-state index is -0.234. The molecule has 0 radical (unpaired) electrons. The van der Waals surface area contributed by atoms with Gasteiger partial charge in [-0.15, -0.1) is 5.92 Å². The molecule has 80 valence electrons. The minimum absolute atomic E-state index is 0.105. The second-order valence-corrected chi connectivity index (χ2v) is 4.06. The Hall–Kier alpha value is -0.850. The molecule has 0 saturated carbocycles. The molecule has 1 rings (SSSR count). The SMILES string of the molecule is CC#CCNC(C)c1ccc(Br)c(F)c1. The Bertz CT molecular complexity index is 392. The van der Waals surface area contributed by atoms with Gasteiger partial charge in [-0.05, 0) is 47.5 Å². The Kier molecular flexibility index (Phi) is 4.80. The van der Waals surface area contributed by atoms with Crippen molar-refractivity contribution >= 4 is 15.9 Å². The normalized spacial score (nSPS) is 11.7. The van der Waals surface area contributed by atoms with Crippen molar-refractivity contribution in [2.24, 2.45) is 0 Å². The summed E-state index contributed by atoms with van der Waals surface area (Å²) in [6.45, 7) is 4.40. The van der Waals surface area contributed by atoms with Crippen LogP contribution in [0.2, 0.25) is 0 Å². The molecule has 0 fully saturated rings. The van der Waals surface area contributed by atoms with Gasteiger partial charge in [-0.2, -0.15) is 0 Å². The molecule has 0 amide bonds. The molecule has 1 N–H and O–H groups in total. The van der Waals surface area contributed by atoms with Crippen LogP contribution in [0.4, 0.5) is 4.39 Å². The molecular formula is C12H13BrFN. The monoisotopic (exact) mass is 269 g/mol. The lowest BCUT2D eigenvalue weighted by Crippen LogP contribution is -2.18. The van der Waals surface area contributed by atoms with E-state index in [0.29, 0.717) is 11.0 Å². The average Bonchev–Trinajstić information content (AvgIpc) is 2.22. The van der Waals surface area contributed by atoms with Crippen LogP contribution in [0.15, 0.2) is 22.7 Å². The van der Waals surface area contributed by atoms with E-state index in [0.717, 1.165) is 5.56 Å². The molecule has 1 aromatic rings. The molecule has 1 atom stereocenters. The van der Waals surface area contributed by atoms with Crippen LogP contribution in [-0.2, 0) is 0 Å². The predicted octanol–water partition coefficient (Wildman–Crippen LogP) is 3.26. The maximum atomic E-state index is 13.2. The third kappa shape index (κ3) is 3.65. The molecule has 0 aliphatic heterocycles. The van der Waals surface area contributed by atoms with Gasteiger partial charge in [0.25, 0.3) is 0 Å². The standard InChI is InChI=1S/C12H13BrFN/c1-3-4-7-15-9(2)10-5-6-11(13)12(14)8-10/h5-6,8-9,15H,7H2,1-2H3. The van der Waals surface area contributed by atoms with Crippen molar-refractivity contribution < 1.29 is 4.39 Å². The highest BCUT2D eigenvalue weighted by Gasteiger charge is 2.06. The summed E-state index contributed by atoms with van der Waals surface area (Å²) in [6.07, 6.45) is 0. The summed E-state index contributed by atoms with van der Waals surface area (Å²) in [7, 11) is 0. The lowest BCUT2D eigenvalue weighted by atomic mass is 10.1. The Morgan fingerprint density at radius 2 is 2.27 bits per heavy atom. The van der Waals surface area contributed by atoms with Crippen molar-refractivity contribution in [1.82, 2.24) is 5.32 Å². The molecule has 1 aromatic carbocycles. The van der Waals surface area contributed by atoms with E-state index in [1.807, 2.05) is 13.0 Å². The summed E-state index contributed by atoms with van der Waals surface area (Å²) in [5, 5.41) is 3.19. The zero-order valence-electron chi connectivity index (χ0n) is 8.77. The van der Waals surface area contributed by atoms with Crippen LogP contribution in [-0.4, -0.2) is 6.54 Å². The fourth-order valence-electron chi connectivity index (χ4n) is 1.19. The Balaban J connectivity index is 2.68. The average molecular weight is 270 g/mol. The van der Waals surface area contributed by atoms with Crippen LogP contribution >= 0.6 is 15.9 Å². The Labute approximate surface area is 98.2 Å². The van der Waals surface area contributed by atoms with Crippen molar-refractivity contribution in [3.8, 4) is 11.8 Å². The van der Waals surface area contributed by atoms with Gasteiger partial charge >= 0.3 is 0 Å². The van der Waals surface area contributed by atoms with Crippen molar-refractivity contribution in [3.63, 3.8) is 0 Å². The Morgan fingerprint density at radius 3 is 2.87 bits per heavy atom. The quantitative estimate of drug-likeness (QED) is 0.831. The zero-order valence-corrected chi connectivity index (χ0v) is 10.4. The highest BCUT2D eigenvalue weighted by molar-refractivity contribution is 9.10. The fourth-order valence-corrected chi connectivity index (χ4v) is 1.44. The molecule has 1 nitrogen and oxygen atoms in total. The van der Waals surface area contributed by atoms with Crippen molar-refractivity contribution in [3.05, 3.63) is 34.1 Å². The van der Waals surface area contributed by atoms with E-state index in [-0.39, 0.29) is 11.9 Å². The highest BCUT2D eigenvalue weighted by atomic mass is 79.9. The largest absolute Gasteiger partial charge is 0.300 e. The number of hydrogen-bond donors (Lipinski definition) is 1. The molecule has 0 aliphatic rings. The molecule has 0 saturated heterocycles.